The molecule has 0 aliphatic carbocycles. The van der Waals surface area contributed by atoms with E-state index in [9.17, 15) is 22.8 Å². The third-order valence-electron chi connectivity index (χ3n) is 8.66. The molecule has 14 heteroatoms. The largest absolute Gasteiger partial charge is 0.456 e. The molecule has 0 unspecified atom stereocenters. The first kappa shape index (κ1) is 55.7. The molecule has 0 radical (unpaired) electrons. The fraction of sp³-hybridized carbons (Fsp3) is 0.455. The van der Waals surface area contributed by atoms with Crippen LogP contribution in [0.25, 0.3) is 0 Å². The van der Waals surface area contributed by atoms with E-state index in [0.717, 1.165) is 67.6 Å². The Morgan fingerprint density at radius 2 is 1.02 bits per heavy atom. The van der Waals surface area contributed by atoms with Gasteiger partial charge in [-0.2, -0.15) is 0 Å². The van der Waals surface area contributed by atoms with E-state index in [0.29, 0.717) is 19.8 Å². The third kappa shape index (κ3) is 18.1. The van der Waals surface area contributed by atoms with Gasteiger partial charge in [0, 0.05) is 30.6 Å². The lowest BCUT2D eigenvalue weighted by Crippen LogP contribution is -2.24. The van der Waals surface area contributed by atoms with Gasteiger partial charge in [0.15, 0.2) is 7.37 Å². The van der Waals surface area contributed by atoms with Crippen LogP contribution in [0.5, 0.6) is 11.5 Å². The van der Waals surface area contributed by atoms with E-state index in [1.54, 1.807) is 26.7 Å². The molecule has 4 aromatic rings. The Kier molecular flexibility index (Phi) is 23.3. The van der Waals surface area contributed by atoms with Crippen molar-refractivity contribution in [2.24, 2.45) is 0 Å². The molecule has 0 bridgehead atoms. The van der Waals surface area contributed by atoms with E-state index >= 15 is 0 Å². The minimum atomic E-state index is -2.59. The Hall–Kier alpha value is -2.29. The molecule has 4 aromatic carbocycles. The topological polar surface area (TPSA) is 122 Å². The van der Waals surface area contributed by atoms with Gasteiger partial charge in [0.2, 0.25) is 0 Å². The molecule has 326 valence electrons. The van der Waals surface area contributed by atoms with Crippen molar-refractivity contribution in [3.05, 3.63) is 107 Å². The van der Waals surface area contributed by atoms with Gasteiger partial charge in [-0.05, 0) is 109 Å². The van der Waals surface area contributed by atoms with E-state index in [2.05, 4.69) is 0 Å². The molecular formula is C44H71O9P5. The van der Waals surface area contributed by atoms with Gasteiger partial charge >= 0.3 is 7.60 Å². The van der Waals surface area contributed by atoms with Crippen LogP contribution in [0.1, 0.15) is 57.4 Å². The average molecular weight is 899 g/mol. The van der Waals surface area contributed by atoms with E-state index < -0.39 is 36.4 Å². The molecule has 2 heterocycles. The van der Waals surface area contributed by atoms with Crippen molar-refractivity contribution in [2.45, 2.75) is 62.8 Å². The molecule has 58 heavy (non-hydrogen) atoms. The van der Waals surface area contributed by atoms with Crippen LogP contribution in [0.3, 0.4) is 0 Å². The lowest BCUT2D eigenvalue weighted by molar-refractivity contribution is 0.150. The molecule has 0 aromatic heterocycles. The van der Waals surface area contributed by atoms with Gasteiger partial charge in [-0.3, -0.25) is 9.13 Å². The van der Waals surface area contributed by atoms with Crippen LogP contribution in [0.15, 0.2) is 84.9 Å². The number of hydrogen-bond donors (Lipinski definition) is 0. The molecule has 0 spiro atoms. The Morgan fingerprint density at radius 3 is 1.29 bits per heavy atom. The lowest BCUT2D eigenvalue weighted by atomic mass is 10.2. The smallest absolute Gasteiger partial charge is 0.327 e. The summed E-state index contributed by atoms with van der Waals surface area (Å²) in [6.07, 6.45) is 1.69. The zero-order valence-corrected chi connectivity index (χ0v) is 40.0. The lowest BCUT2D eigenvalue weighted by Gasteiger charge is -2.26. The highest BCUT2D eigenvalue weighted by Gasteiger charge is 2.33. The van der Waals surface area contributed by atoms with Crippen molar-refractivity contribution in [1.82, 2.24) is 0 Å². The van der Waals surface area contributed by atoms with E-state index in [1.165, 1.54) is 6.66 Å². The van der Waals surface area contributed by atoms with Crippen molar-refractivity contribution < 1.29 is 41.1 Å². The fourth-order valence-electron chi connectivity index (χ4n) is 5.42. The molecule has 0 atom stereocenters. The Balaban J connectivity index is 0.000000748. The first-order chi connectivity index (χ1) is 25.8. The van der Waals surface area contributed by atoms with Crippen LogP contribution in [0.4, 0.5) is 0 Å². The highest BCUT2D eigenvalue weighted by atomic mass is 31.2. The predicted molar refractivity (Wildman–Crippen MR) is 255 cm³/mol. The fourth-order valence-corrected chi connectivity index (χ4v) is 11.8. The summed E-state index contributed by atoms with van der Waals surface area (Å²) < 4.78 is 78.4. The standard InChI is InChI=1S/C15H15O2P.C15H17OP.C4H9O3P.C4H11O2P.C4H11OP.2CH4/c1-10-4-6-12-14(8-10)18(3,16)15-9-11(2)5-7-13(15)17-12;1-12-8-4-6-10-14(12)17(3,16)15-11-7-5-9-13(15)2;1-8(5)6-3-2-4-7-8;1-4-6-7(2,3)5;1-4-6(2,3)5;;/h4-9H,1-3H3;4-11H,1-3H3;2-4H2,1H3;4H2,1-3H3;4H2,1-3H3;2*1H4. The Morgan fingerprint density at radius 1 is 0.638 bits per heavy atom. The third-order valence-corrected chi connectivity index (χ3v) is 17.7. The summed E-state index contributed by atoms with van der Waals surface area (Å²) in [6, 6.07) is 27.6. The minimum absolute atomic E-state index is 0. The predicted octanol–water partition coefficient (Wildman–Crippen LogP) is 12.3. The SMILES string of the molecule is C.C.CCOP(C)(C)=O.CCP(C)(C)=O.CP1(=O)OCCCO1.Cc1ccc2c(c1)P(C)(=O)c1cc(C)ccc1O2.Cc1ccccc1P(C)(=O)c1ccccc1C. The van der Waals surface area contributed by atoms with Crippen molar-refractivity contribution in [2.75, 3.05) is 72.6 Å². The Bertz CT molecular complexity index is 2040. The Labute approximate surface area is 351 Å². The first-order valence-electron chi connectivity index (χ1n) is 18.6. The van der Waals surface area contributed by atoms with Gasteiger partial charge in [0.05, 0.1) is 37.6 Å². The van der Waals surface area contributed by atoms with Crippen molar-refractivity contribution in [1.29, 1.82) is 0 Å². The quantitative estimate of drug-likeness (QED) is 0.180. The molecular weight excluding hydrogens is 827 g/mol. The number of hydrogen-bond acceptors (Lipinski definition) is 9. The van der Waals surface area contributed by atoms with Gasteiger partial charge in [-0.25, -0.2) is 0 Å². The monoisotopic (exact) mass is 898 g/mol. The zero-order valence-electron chi connectivity index (χ0n) is 35.5. The number of benzene rings is 4. The van der Waals surface area contributed by atoms with Crippen LogP contribution < -0.4 is 26.0 Å². The molecule has 2 aliphatic rings. The number of aryl methyl sites for hydroxylation is 4. The molecule has 0 saturated carbocycles. The summed E-state index contributed by atoms with van der Waals surface area (Å²) >= 11 is 0. The van der Waals surface area contributed by atoms with E-state index in [1.807, 2.05) is 140 Å². The summed E-state index contributed by atoms with van der Waals surface area (Å²) in [7, 11) is -11.4. The molecule has 0 N–H and O–H groups in total. The van der Waals surface area contributed by atoms with Crippen LogP contribution >= 0.6 is 36.4 Å². The summed E-state index contributed by atoms with van der Waals surface area (Å²) in [5, 5.41) is 3.60. The maximum Gasteiger partial charge on any atom is 0.327 e. The zero-order chi connectivity index (χ0) is 42.5. The van der Waals surface area contributed by atoms with Crippen LogP contribution in [-0.2, 0) is 36.4 Å². The van der Waals surface area contributed by atoms with Gasteiger partial charge in [-0.1, -0.05) is 93.6 Å². The molecule has 1 saturated heterocycles. The average Bonchev–Trinajstić information content (AvgIpc) is 3.10. The van der Waals surface area contributed by atoms with Crippen molar-refractivity contribution in [3.63, 3.8) is 0 Å². The first-order valence-corrected chi connectivity index (χ1v) is 30.2. The summed E-state index contributed by atoms with van der Waals surface area (Å²) in [5.41, 5.74) is 4.41. The number of rotatable bonds is 5. The highest BCUT2D eigenvalue weighted by Crippen LogP contribution is 2.49. The maximum atomic E-state index is 13.1. The van der Waals surface area contributed by atoms with Gasteiger partial charge in [0.1, 0.15) is 25.8 Å². The van der Waals surface area contributed by atoms with Crippen molar-refractivity contribution in [3.8, 4) is 11.5 Å². The van der Waals surface area contributed by atoms with Crippen molar-refractivity contribution >= 4 is 57.6 Å². The molecule has 9 nitrogen and oxygen atoms in total. The number of ether oxygens (including phenoxy) is 1. The minimum Gasteiger partial charge on any atom is -0.456 e. The van der Waals surface area contributed by atoms with E-state index in [4.69, 9.17) is 18.3 Å². The van der Waals surface area contributed by atoms with Crippen LogP contribution in [0, 0.1) is 27.7 Å². The van der Waals surface area contributed by atoms with E-state index in [-0.39, 0.29) is 14.9 Å². The van der Waals surface area contributed by atoms with Gasteiger partial charge in [-0.15, -0.1) is 0 Å². The summed E-state index contributed by atoms with van der Waals surface area (Å²) in [4.78, 5) is 0. The normalized spacial score (nSPS) is 14.6. The molecule has 2 aliphatic heterocycles. The van der Waals surface area contributed by atoms with Gasteiger partial charge in [0.25, 0.3) is 0 Å². The molecule has 6 rings (SSSR count). The van der Waals surface area contributed by atoms with Crippen LogP contribution in [-0.4, -0.2) is 72.6 Å². The van der Waals surface area contributed by atoms with Crippen LogP contribution in [0.2, 0.25) is 0 Å². The second-order valence-electron chi connectivity index (χ2n) is 14.8. The second kappa shape index (κ2) is 24.2. The second-order valence-corrected chi connectivity index (χ2v) is 29.0. The molecule has 1 fully saturated rings. The van der Waals surface area contributed by atoms with Gasteiger partial charge < -0.3 is 32.0 Å². The highest BCUT2D eigenvalue weighted by molar-refractivity contribution is 7.78. The summed E-state index contributed by atoms with van der Waals surface area (Å²) in [5.74, 6) is 1.45. The number of fused-ring (bicyclic) bond motifs is 2. The molecule has 0 amide bonds. The maximum absolute atomic E-state index is 13.1. The summed E-state index contributed by atoms with van der Waals surface area (Å²) in [6.45, 7) is 25.5.